The van der Waals surface area contributed by atoms with Gasteiger partial charge in [0.05, 0.1) is 5.54 Å². The van der Waals surface area contributed by atoms with Crippen molar-refractivity contribution in [3.8, 4) is 0 Å². The van der Waals surface area contributed by atoms with Crippen molar-refractivity contribution >= 4 is 0 Å². The second kappa shape index (κ2) is 3.74. The molecule has 0 aliphatic heterocycles. The summed E-state index contributed by atoms with van der Waals surface area (Å²) in [5.41, 5.74) is 3.34. The predicted molar refractivity (Wildman–Crippen MR) is 67.4 cm³/mol. The highest BCUT2D eigenvalue weighted by molar-refractivity contribution is 5.42. The molecule has 2 aliphatic rings. The second-order valence-corrected chi connectivity index (χ2v) is 4.97. The van der Waals surface area contributed by atoms with E-state index in [0.717, 1.165) is 18.9 Å². The third kappa shape index (κ3) is 1.28. The van der Waals surface area contributed by atoms with Gasteiger partial charge in [0, 0.05) is 0 Å². The Balaban J connectivity index is 2.10. The third-order valence-corrected chi connectivity index (χ3v) is 4.18. The predicted octanol–water partition coefficient (Wildman–Crippen LogP) is 3.01. The molecule has 2 aliphatic carbocycles. The van der Waals surface area contributed by atoms with E-state index in [4.69, 9.17) is 0 Å². The smallest absolute Gasteiger partial charge is 0.0506 e. The lowest BCUT2D eigenvalue weighted by molar-refractivity contribution is 0.227. The first-order valence-corrected chi connectivity index (χ1v) is 6.35. The summed E-state index contributed by atoms with van der Waals surface area (Å²) in [5.74, 6) is 0.759. The fourth-order valence-electron chi connectivity index (χ4n) is 3.51. The zero-order valence-corrected chi connectivity index (χ0v) is 9.87. The minimum Gasteiger partial charge on any atom is -0.307 e. The van der Waals surface area contributed by atoms with Crippen LogP contribution in [0.4, 0.5) is 0 Å². The van der Waals surface area contributed by atoms with E-state index in [0.29, 0.717) is 0 Å². The van der Waals surface area contributed by atoms with Crippen LogP contribution in [-0.4, -0.2) is 6.54 Å². The van der Waals surface area contributed by atoms with Crippen LogP contribution in [0.15, 0.2) is 36.4 Å². The van der Waals surface area contributed by atoms with Crippen molar-refractivity contribution in [1.29, 1.82) is 0 Å². The summed E-state index contributed by atoms with van der Waals surface area (Å²) in [7, 11) is 0. The standard InChI is InChI=1S/C15H19N/c1-2-16-15-10-6-5-8-13(15)11-12-7-3-4-9-14(12)15/h3-7,9,13,16H,2,8,10-11H2,1H3. The molecular formula is C15H19N. The van der Waals surface area contributed by atoms with Crippen molar-refractivity contribution in [1.82, 2.24) is 5.32 Å². The lowest BCUT2D eigenvalue weighted by Gasteiger charge is -2.39. The van der Waals surface area contributed by atoms with Crippen LogP contribution in [0.25, 0.3) is 0 Å². The largest absolute Gasteiger partial charge is 0.307 e. The number of rotatable bonds is 2. The number of hydrogen-bond acceptors (Lipinski definition) is 1. The molecule has 0 bridgehead atoms. The highest BCUT2D eigenvalue weighted by Crippen LogP contribution is 2.47. The molecule has 0 saturated carbocycles. The lowest BCUT2D eigenvalue weighted by atomic mass is 9.76. The molecule has 3 rings (SSSR count). The number of fused-ring (bicyclic) bond motifs is 3. The summed E-state index contributed by atoms with van der Waals surface area (Å²) in [4.78, 5) is 0. The Morgan fingerprint density at radius 1 is 1.31 bits per heavy atom. The molecule has 1 aromatic carbocycles. The van der Waals surface area contributed by atoms with E-state index in [-0.39, 0.29) is 5.54 Å². The lowest BCUT2D eigenvalue weighted by Crippen LogP contribution is -2.46. The van der Waals surface area contributed by atoms with Gasteiger partial charge in [-0.1, -0.05) is 43.3 Å². The quantitative estimate of drug-likeness (QED) is 0.745. The molecule has 16 heavy (non-hydrogen) atoms. The van der Waals surface area contributed by atoms with Crippen LogP contribution in [0.1, 0.15) is 30.9 Å². The molecule has 0 spiro atoms. The van der Waals surface area contributed by atoms with Gasteiger partial charge in [-0.25, -0.2) is 0 Å². The Morgan fingerprint density at radius 2 is 2.19 bits per heavy atom. The molecule has 84 valence electrons. The van der Waals surface area contributed by atoms with Crippen LogP contribution in [0, 0.1) is 5.92 Å². The maximum absolute atomic E-state index is 3.76. The van der Waals surface area contributed by atoms with Crippen molar-refractivity contribution in [3.63, 3.8) is 0 Å². The Morgan fingerprint density at radius 3 is 3.06 bits per heavy atom. The molecule has 1 aromatic rings. The SMILES string of the molecule is CCNC12CC=CCC1Cc1ccccc12. The van der Waals surface area contributed by atoms with Crippen LogP contribution >= 0.6 is 0 Å². The molecule has 0 amide bonds. The van der Waals surface area contributed by atoms with Gasteiger partial charge in [-0.15, -0.1) is 0 Å². The maximum Gasteiger partial charge on any atom is 0.0506 e. The van der Waals surface area contributed by atoms with E-state index in [1.165, 1.54) is 12.8 Å². The van der Waals surface area contributed by atoms with E-state index >= 15 is 0 Å². The minimum atomic E-state index is 0.236. The van der Waals surface area contributed by atoms with Crippen molar-refractivity contribution in [2.45, 2.75) is 31.7 Å². The number of nitrogens with one attached hydrogen (secondary N) is 1. The average Bonchev–Trinajstić information content (AvgIpc) is 2.64. The first-order valence-electron chi connectivity index (χ1n) is 6.35. The highest BCUT2D eigenvalue weighted by atomic mass is 15.0. The van der Waals surface area contributed by atoms with Gasteiger partial charge >= 0.3 is 0 Å². The summed E-state index contributed by atoms with van der Waals surface area (Å²) in [5, 5.41) is 3.76. The van der Waals surface area contributed by atoms with Crippen LogP contribution in [0.2, 0.25) is 0 Å². The summed E-state index contributed by atoms with van der Waals surface area (Å²) in [6, 6.07) is 8.96. The molecule has 2 atom stereocenters. The van der Waals surface area contributed by atoms with Crippen molar-refractivity contribution < 1.29 is 0 Å². The Hall–Kier alpha value is -1.08. The van der Waals surface area contributed by atoms with Crippen molar-refractivity contribution in [3.05, 3.63) is 47.5 Å². The number of benzene rings is 1. The number of hydrogen-bond donors (Lipinski definition) is 1. The van der Waals surface area contributed by atoms with Gasteiger partial charge in [0.1, 0.15) is 0 Å². The Labute approximate surface area is 97.6 Å². The summed E-state index contributed by atoms with van der Waals surface area (Å²) >= 11 is 0. The minimum absolute atomic E-state index is 0.236. The Kier molecular flexibility index (Phi) is 2.36. The maximum atomic E-state index is 3.76. The van der Waals surface area contributed by atoms with E-state index < -0.39 is 0 Å². The van der Waals surface area contributed by atoms with E-state index in [2.05, 4.69) is 48.7 Å². The molecular weight excluding hydrogens is 194 g/mol. The zero-order chi connectivity index (χ0) is 11.0. The van der Waals surface area contributed by atoms with Crippen molar-refractivity contribution in [2.24, 2.45) is 5.92 Å². The Bertz CT molecular complexity index is 421. The molecule has 1 N–H and O–H groups in total. The molecule has 0 heterocycles. The monoisotopic (exact) mass is 213 g/mol. The number of allylic oxidation sites excluding steroid dienone is 1. The van der Waals surface area contributed by atoms with Gasteiger partial charge in [-0.05, 0) is 42.9 Å². The summed E-state index contributed by atoms with van der Waals surface area (Å²) in [6.45, 7) is 3.27. The van der Waals surface area contributed by atoms with Gasteiger partial charge in [-0.2, -0.15) is 0 Å². The topological polar surface area (TPSA) is 12.0 Å². The van der Waals surface area contributed by atoms with Gasteiger partial charge in [0.15, 0.2) is 0 Å². The fourth-order valence-corrected chi connectivity index (χ4v) is 3.51. The molecule has 0 fully saturated rings. The molecule has 1 heteroatoms. The second-order valence-electron chi connectivity index (χ2n) is 4.97. The summed E-state index contributed by atoms with van der Waals surface area (Å²) < 4.78 is 0. The van der Waals surface area contributed by atoms with Crippen molar-refractivity contribution in [2.75, 3.05) is 6.54 Å². The third-order valence-electron chi connectivity index (χ3n) is 4.18. The average molecular weight is 213 g/mol. The van der Waals surface area contributed by atoms with Gasteiger partial charge in [0.25, 0.3) is 0 Å². The van der Waals surface area contributed by atoms with E-state index in [1.807, 2.05) is 0 Å². The van der Waals surface area contributed by atoms with Crippen LogP contribution in [0.3, 0.4) is 0 Å². The summed E-state index contributed by atoms with van der Waals surface area (Å²) in [6.07, 6.45) is 8.32. The van der Waals surface area contributed by atoms with E-state index in [1.54, 1.807) is 11.1 Å². The molecule has 1 nitrogen and oxygen atoms in total. The zero-order valence-electron chi connectivity index (χ0n) is 9.87. The van der Waals surface area contributed by atoms with Crippen LogP contribution < -0.4 is 5.32 Å². The molecule has 0 saturated heterocycles. The van der Waals surface area contributed by atoms with Crippen LogP contribution in [0.5, 0.6) is 0 Å². The molecule has 0 aromatic heterocycles. The van der Waals surface area contributed by atoms with E-state index in [9.17, 15) is 0 Å². The first-order chi connectivity index (χ1) is 7.87. The molecule has 2 unspecified atom stereocenters. The molecule has 0 radical (unpaired) electrons. The normalized spacial score (nSPS) is 31.2. The van der Waals surface area contributed by atoms with Crippen LogP contribution in [-0.2, 0) is 12.0 Å². The van der Waals surface area contributed by atoms with Gasteiger partial charge < -0.3 is 5.32 Å². The first kappa shape index (κ1) is 10.1. The highest BCUT2D eigenvalue weighted by Gasteiger charge is 2.45. The van der Waals surface area contributed by atoms with Gasteiger partial charge in [-0.3, -0.25) is 0 Å². The van der Waals surface area contributed by atoms with Gasteiger partial charge in [0.2, 0.25) is 0 Å². The fraction of sp³-hybridized carbons (Fsp3) is 0.467.